The number of aliphatic hydroxyl groups is 1. The number of amides is 1. The van der Waals surface area contributed by atoms with Gasteiger partial charge in [0.1, 0.15) is 5.82 Å². The third-order valence-corrected chi connectivity index (χ3v) is 8.99. The van der Waals surface area contributed by atoms with Crippen LogP contribution in [0.25, 0.3) is 11.5 Å². The van der Waals surface area contributed by atoms with Gasteiger partial charge < -0.3 is 25.1 Å². The Labute approximate surface area is 264 Å². The highest BCUT2D eigenvalue weighted by Gasteiger charge is 2.55. The van der Waals surface area contributed by atoms with Gasteiger partial charge in [-0.25, -0.2) is 21.6 Å². The van der Waals surface area contributed by atoms with E-state index in [2.05, 4.69) is 10.2 Å². The first-order valence-electron chi connectivity index (χ1n) is 13.2. The molecule has 0 aliphatic carbocycles. The van der Waals surface area contributed by atoms with Crippen molar-refractivity contribution in [1.29, 1.82) is 0 Å². The number of benzene rings is 2. The van der Waals surface area contributed by atoms with Gasteiger partial charge in [0.25, 0.3) is 11.8 Å². The molecule has 3 heterocycles. The largest absolute Gasteiger partial charge is 0.423 e. The summed E-state index contributed by atoms with van der Waals surface area (Å²) in [5, 5.41) is 15.6. The number of piperidine rings is 1. The number of nitrogens with zero attached hydrogens (tertiary/aromatic N) is 4. The molecule has 3 aromatic rings. The molecule has 1 amide bonds. The zero-order valence-electron chi connectivity index (χ0n) is 23.5. The van der Waals surface area contributed by atoms with Gasteiger partial charge in [-0.3, -0.25) is 4.79 Å². The molecule has 5 rings (SSSR count). The molecule has 0 saturated carbocycles. The number of aliphatic hydroxyl groups excluding tert-OH is 1. The number of hydrogen-bond donors (Lipinski definition) is 2. The van der Waals surface area contributed by atoms with E-state index in [1.54, 1.807) is 24.3 Å². The van der Waals surface area contributed by atoms with E-state index in [-0.39, 0.29) is 42.8 Å². The zero-order valence-corrected chi connectivity index (χ0v) is 25.1. The lowest BCUT2D eigenvalue weighted by Crippen LogP contribution is -2.45. The van der Waals surface area contributed by atoms with Crippen LogP contribution in [0.1, 0.15) is 18.4 Å². The van der Waals surface area contributed by atoms with Crippen molar-refractivity contribution in [3.63, 3.8) is 0 Å². The van der Waals surface area contributed by atoms with Gasteiger partial charge >= 0.3 is 18.4 Å². The number of nitrogens with two attached hydrogens (primary N) is 1. The Morgan fingerprint density at radius 3 is 2.15 bits per heavy atom. The first-order chi connectivity index (χ1) is 21.6. The van der Waals surface area contributed by atoms with Crippen LogP contribution in [0, 0.1) is 5.82 Å². The Balaban J connectivity index is 0.000000434. The number of carbonyl (C=O) groups excluding carboxylic acids is 1. The van der Waals surface area contributed by atoms with Crippen LogP contribution < -0.4 is 15.5 Å². The molecule has 0 radical (unpaired) electrons. The number of halogens is 10. The molecule has 0 spiro atoms. The molecular formula is C26H23ClF9N5O5S. The second-order valence-electron chi connectivity index (χ2n) is 10.5. The minimum Gasteiger partial charge on any atom is -0.403 e. The Hall–Kier alpha value is -3.62. The summed E-state index contributed by atoms with van der Waals surface area (Å²) in [5.41, 5.74) is 6.19. The van der Waals surface area contributed by atoms with E-state index in [4.69, 9.17) is 26.9 Å². The standard InChI is InChI=1S/C23H21ClF3N5O4S.C3H2F6O/c24-14-3-1-13(2-4-14)11-32-18-9-15(16(25)10-19(18)37(34,35)12-17(28)21(32)33)20-29-30-22(36-20)31-7-5-23(26,27)6-8-31;4-2(5,6)1(10)3(7,8)9/h1-4,9-10,17H,5-8,11-12,28H2;1,10H/t17-;/m0./s1. The average Bonchev–Trinajstić information content (AvgIpc) is 3.43. The number of aromatic nitrogens is 2. The van der Waals surface area contributed by atoms with E-state index in [1.165, 1.54) is 9.80 Å². The second-order valence-corrected chi connectivity index (χ2v) is 12.9. The monoisotopic (exact) mass is 723 g/mol. The summed E-state index contributed by atoms with van der Waals surface area (Å²) in [6, 6.07) is 7.06. The van der Waals surface area contributed by atoms with Gasteiger partial charge in [0.05, 0.1) is 34.5 Å². The minimum absolute atomic E-state index is 0.0270. The number of anilines is 2. The molecule has 1 fully saturated rings. The van der Waals surface area contributed by atoms with E-state index in [1.807, 2.05) is 0 Å². The molecule has 0 unspecified atom stereocenters. The lowest BCUT2D eigenvalue weighted by atomic mass is 10.1. The lowest BCUT2D eigenvalue weighted by Gasteiger charge is -2.30. The van der Waals surface area contributed by atoms with E-state index >= 15 is 4.39 Å². The van der Waals surface area contributed by atoms with Gasteiger partial charge in [0, 0.05) is 31.0 Å². The summed E-state index contributed by atoms with van der Waals surface area (Å²) < 4.78 is 140. The van der Waals surface area contributed by atoms with Gasteiger partial charge in [-0.15, -0.1) is 5.10 Å². The maximum atomic E-state index is 15.2. The fourth-order valence-electron chi connectivity index (χ4n) is 4.48. The van der Waals surface area contributed by atoms with Crippen molar-refractivity contribution in [3.05, 3.63) is 52.8 Å². The molecular weight excluding hydrogens is 701 g/mol. The molecule has 47 heavy (non-hydrogen) atoms. The third-order valence-electron chi connectivity index (χ3n) is 6.94. The maximum absolute atomic E-state index is 15.2. The Morgan fingerprint density at radius 1 is 1.04 bits per heavy atom. The van der Waals surface area contributed by atoms with Crippen molar-refractivity contribution in [2.45, 2.75) is 54.7 Å². The summed E-state index contributed by atoms with van der Waals surface area (Å²) in [7, 11) is -4.13. The topological polar surface area (TPSA) is 143 Å². The van der Waals surface area contributed by atoms with Crippen LogP contribution in [0.15, 0.2) is 45.7 Å². The molecule has 21 heteroatoms. The molecule has 2 aliphatic heterocycles. The number of sulfone groups is 1. The van der Waals surface area contributed by atoms with Crippen LogP contribution in [0.5, 0.6) is 0 Å². The fourth-order valence-corrected chi connectivity index (χ4v) is 6.17. The summed E-state index contributed by atoms with van der Waals surface area (Å²) in [4.78, 5) is 15.4. The number of carbonyl (C=O) groups is 1. The highest BCUT2D eigenvalue weighted by molar-refractivity contribution is 7.91. The highest BCUT2D eigenvalue weighted by atomic mass is 35.5. The average molecular weight is 724 g/mol. The van der Waals surface area contributed by atoms with Gasteiger partial charge in [-0.1, -0.05) is 28.8 Å². The number of hydrogen-bond acceptors (Lipinski definition) is 9. The number of rotatable bonds is 4. The molecule has 2 aromatic carbocycles. The molecule has 258 valence electrons. The molecule has 1 aromatic heterocycles. The summed E-state index contributed by atoms with van der Waals surface area (Å²) in [5.74, 6) is -5.42. The molecule has 10 nitrogen and oxygen atoms in total. The minimum atomic E-state index is -5.63. The van der Waals surface area contributed by atoms with Crippen LogP contribution in [0.3, 0.4) is 0 Å². The van der Waals surface area contributed by atoms with Gasteiger partial charge in [-0.05, 0) is 29.8 Å². The lowest BCUT2D eigenvalue weighted by molar-refractivity contribution is -0.308. The second kappa shape index (κ2) is 13.1. The van der Waals surface area contributed by atoms with Crippen molar-refractivity contribution < 1.29 is 62.2 Å². The predicted molar refractivity (Wildman–Crippen MR) is 147 cm³/mol. The van der Waals surface area contributed by atoms with Gasteiger partial charge in [-0.2, -0.15) is 26.3 Å². The van der Waals surface area contributed by atoms with E-state index in [0.29, 0.717) is 10.6 Å². The van der Waals surface area contributed by atoms with Gasteiger partial charge in [0.2, 0.25) is 12.0 Å². The first kappa shape index (κ1) is 36.2. The van der Waals surface area contributed by atoms with Crippen molar-refractivity contribution in [2.75, 3.05) is 28.6 Å². The molecule has 1 saturated heterocycles. The number of alkyl halides is 8. The normalized spacial score (nSPS) is 19.6. The Morgan fingerprint density at radius 2 is 1.62 bits per heavy atom. The smallest absolute Gasteiger partial charge is 0.403 e. The van der Waals surface area contributed by atoms with E-state index in [0.717, 1.165) is 12.1 Å². The summed E-state index contributed by atoms with van der Waals surface area (Å²) >= 11 is 5.94. The predicted octanol–water partition coefficient (Wildman–Crippen LogP) is 4.88. The van der Waals surface area contributed by atoms with Crippen LogP contribution in [-0.4, -0.2) is 78.9 Å². The quantitative estimate of drug-likeness (QED) is 0.360. The summed E-state index contributed by atoms with van der Waals surface area (Å²) in [6.07, 6.45) is -16.3. The molecule has 1 atom stereocenters. The fraction of sp³-hybridized carbons (Fsp3) is 0.423. The zero-order chi connectivity index (χ0) is 35.1. The molecule has 2 aliphatic rings. The van der Waals surface area contributed by atoms with Crippen LogP contribution in [0.4, 0.5) is 51.2 Å². The third kappa shape index (κ3) is 8.46. The van der Waals surface area contributed by atoms with Gasteiger partial charge in [0.15, 0.2) is 9.84 Å². The van der Waals surface area contributed by atoms with Crippen molar-refractivity contribution in [1.82, 2.24) is 10.2 Å². The Kier molecular flexibility index (Phi) is 10.1. The van der Waals surface area contributed by atoms with Crippen LogP contribution >= 0.6 is 11.6 Å². The van der Waals surface area contributed by atoms with E-state index < -0.39 is 75.5 Å². The molecule has 0 bridgehead atoms. The summed E-state index contributed by atoms with van der Waals surface area (Å²) in [6.45, 7) is -0.115. The maximum Gasteiger partial charge on any atom is 0.423 e. The van der Waals surface area contributed by atoms with Crippen molar-refractivity contribution >= 4 is 39.0 Å². The first-order valence-corrected chi connectivity index (χ1v) is 15.3. The van der Waals surface area contributed by atoms with Crippen molar-refractivity contribution in [2.24, 2.45) is 5.73 Å². The van der Waals surface area contributed by atoms with Crippen LogP contribution in [-0.2, 0) is 21.2 Å². The van der Waals surface area contributed by atoms with E-state index in [9.17, 15) is 48.3 Å². The SMILES string of the molecule is N[C@H]1CS(=O)(=O)c2cc(F)c(-c3nnc(N4CCC(F)(F)CC4)o3)cc2N(Cc2ccc(Cl)cc2)C1=O.OC(C(F)(F)F)C(F)(F)F. The van der Waals surface area contributed by atoms with Crippen molar-refractivity contribution in [3.8, 4) is 11.5 Å². The number of fused-ring (bicyclic) bond motifs is 1. The molecule has 3 N–H and O–H groups in total. The highest BCUT2D eigenvalue weighted by Crippen LogP contribution is 2.38. The Bertz CT molecular complexity index is 1700. The van der Waals surface area contributed by atoms with Crippen LogP contribution in [0.2, 0.25) is 5.02 Å².